The molecular weight excluding hydrogens is 370 g/mol. The van der Waals surface area contributed by atoms with Gasteiger partial charge in [-0.25, -0.2) is 13.1 Å². The molecule has 7 nitrogen and oxygen atoms in total. The normalized spacial score (nSPS) is 12.6. The molecule has 1 rings (SSSR count). The number of benzene rings is 1. The Labute approximate surface area is 162 Å². The summed E-state index contributed by atoms with van der Waals surface area (Å²) in [7, 11) is -1.63. The Balaban J connectivity index is 2.73. The molecule has 0 aliphatic carbocycles. The van der Waals surface area contributed by atoms with E-state index >= 15 is 0 Å². The molecule has 2 N–H and O–H groups in total. The molecule has 0 aliphatic rings. The summed E-state index contributed by atoms with van der Waals surface area (Å²) in [5, 5.41) is 9.23. The number of nitrogens with one attached hydrogen (secondary N) is 1. The second-order valence-electron chi connectivity index (χ2n) is 6.56. The van der Waals surface area contributed by atoms with Gasteiger partial charge in [0.05, 0.1) is 26.4 Å². The molecule has 0 saturated heterocycles. The second-order valence-corrected chi connectivity index (χ2v) is 8.40. The number of carboxylic acid groups (broad SMARTS) is 1. The van der Waals surface area contributed by atoms with Crippen molar-refractivity contribution in [2.24, 2.45) is 0 Å². The lowest BCUT2D eigenvalue weighted by Crippen LogP contribution is -2.24. The van der Waals surface area contributed by atoms with Crippen LogP contribution >= 0.6 is 0 Å². The second kappa shape index (κ2) is 11.8. The summed E-state index contributed by atoms with van der Waals surface area (Å²) in [4.78, 5) is 11.2. The molecule has 0 heterocycles. The fourth-order valence-corrected chi connectivity index (χ4v) is 3.37. The van der Waals surface area contributed by atoms with Crippen molar-refractivity contribution in [2.45, 2.75) is 51.4 Å². The van der Waals surface area contributed by atoms with Crippen molar-refractivity contribution in [3.05, 3.63) is 23.8 Å². The van der Waals surface area contributed by atoms with Gasteiger partial charge < -0.3 is 14.6 Å². The SMILES string of the molecule is CCCCCC(CC(=O)O)c1ccc(OCCCNS(C)(=O)=O)cc1OC. The van der Waals surface area contributed by atoms with Gasteiger partial charge in [0.25, 0.3) is 0 Å². The minimum atomic E-state index is -3.19. The van der Waals surface area contributed by atoms with E-state index in [-0.39, 0.29) is 12.3 Å². The number of rotatable bonds is 14. The van der Waals surface area contributed by atoms with E-state index in [9.17, 15) is 18.3 Å². The zero-order valence-electron chi connectivity index (χ0n) is 16.4. The summed E-state index contributed by atoms with van der Waals surface area (Å²) in [5.74, 6) is 0.302. The predicted octanol–water partition coefficient (Wildman–Crippen LogP) is 3.15. The van der Waals surface area contributed by atoms with Crippen molar-refractivity contribution >= 4 is 16.0 Å². The van der Waals surface area contributed by atoms with Crippen molar-refractivity contribution in [3.8, 4) is 11.5 Å². The molecule has 0 amide bonds. The van der Waals surface area contributed by atoms with Crippen LogP contribution < -0.4 is 14.2 Å². The first-order chi connectivity index (χ1) is 12.8. The van der Waals surface area contributed by atoms with Crippen LogP contribution in [0.4, 0.5) is 0 Å². The summed E-state index contributed by atoms with van der Waals surface area (Å²) in [6.07, 6.45) is 5.65. The molecule has 1 aromatic rings. The highest BCUT2D eigenvalue weighted by Gasteiger charge is 2.20. The van der Waals surface area contributed by atoms with Crippen LogP contribution in [0.3, 0.4) is 0 Å². The fraction of sp³-hybridized carbons (Fsp3) is 0.632. The predicted molar refractivity (Wildman–Crippen MR) is 105 cm³/mol. The first-order valence-electron chi connectivity index (χ1n) is 9.24. The van der Waals surface area contributed by atoms with Gasteiger partial charge in [0, 0.05) is 12.6 Å². The molecule has 0 saturated carbocycles. The van der Waals surface area contributed by atoms with Crippen LogP contribution in [-0.2, 0) is 14.8 Å². The lowest BCUT2D eigenvalue weighted by atomic mass is 9.89. The Kier molecular flexibility index (Phi) is 10.2. The van der Waals surface area contributed by atoms with Gasteiger partial charge in [-0.05, 0) is 30.4 Å². The van der Waals surface area contributed by atoms with Crippen LogP contribution in [-0.4, -0.2) is 46.0 Å². The standard InChI is InChI=1S/C19H31NO6S/c1-4-5-6-8-15(13-19(21)22)17-10-9-16(14-18(17)25-2)26-12-7-11-20-27(3,23)24/h9-10,14-15,20H,4-8,11-13H2,1-3H3,(H,21,22). The average Bonchev–Trinajstić information content (AvgIpc) is 2.59. The summed E-state index contributed by atoms with van der Waals surface area (Å²) in [5.41, 5.74) is 0.877. The zero-order valence-corrected chi connectivity index (χ0v) is 17.2. The Hall–Kier alpha value is -1.80. The van der Waals surface area contributed by atoms with Crippen molar-refractivity contribution in [2.75, 3.05) is 26.5 Å². The van der Waals surface area contributed by atoms with Gasteiger partial charge in [0.1, 0.15) is 11.5 Å². The lowest BCUT2D eigenvalue weighted by Gasteiger charge is -2.19. The third kappa shape index (κ3) is 9.63. The quantitative estimate of drug-likeness (QED) is 0.464. The summed E-state index contributed by atoms with van der Waals surface area (Å²) in [6.45, 7) is 2.79. The molecule has 8 heteroatoms. The van der Waals surface area contributed by atoms with E-state index in [1.165, 1.54) is 0 Å². The van der Waals surface area contributed by atoms with E-state index in [0.29, 0.717) is 31.1 Å². The largest absolute Gasteiger partial charge is 0.496 e. The molecule has 0 radical (unpaired) electrons. The number of sulfonamides is 1. The molecule has 0 fully saturated rings. The smallest absolute Gasteiger partial charge is 0.303 e. The van der Waals surface area contributed by atoms with Gasteiger partial charge in [-0.2, -0.15) is 0 Å². The van der Waals surface area contributed by atoms with E-state index in [4.69, 9.17) is 9.47 Å². The van der Waals surface area contributed by atoms with E-state index in [2.05, 4.69) is 11.6 Å². The highest BCUT2D eigenvalue weighted by molar-refractivity contribution is 7.88. The Morgan fingerprint density at radius 3 is 2.59 bits per heavy atom. The Morgan fingerprint density at radius 1 is 1.26 bits per heavy atom. The maximum Gasteiger partial charge on any atom is 0.303 e. The van der Waals surface area contributed by atoms with Gasteiger partial charge in [0.15, 0.2) is 0 Å². The average molecular weight is 402 g/mol. The number of carbonyl (C=O) groups is 1. The topological polar surface area (TPSA) is 102 Å². The minimum Gasteiger partial charge on any atom is -0.496 e. The van der Waals surface area contributed by atoms with Crippen molar-refractivity contribution in [1.82, 2.24) is 4.72 Å². The number of ether oxygens (including phenoxy) is 2. The van der Waals surface area contributed by atoms with Gasteiger partial charge >= 0.3 is 5.97 Å². The first kappa shape index (κ1) is 23.2. The van der Waals surface area contributed by atoms with Crippen molar-refractivity contribution < 1.29 is 27.8 Å². The molecule has 154 valence electrons. The fourth-order valence-electron chi connectivity index (χ4n) is 2.86. The van der Waals surface area contributed by atoms with Gasteiger partial charge in [0.2, 0.25) is 10.0 Å². The highest BCUT2D eigenvalue weighted by Crippen LogP contribution is 2.35. The molecule has 1 unspecified atom stereocenters. The minimum absolute atomic E-state index is 0.0669. The molecule has 1 atom stereocenters. The van der Waals surface area contributed by atoms with Gasteiger partial charge in [-0.15, -0.1) is 0 Å². The van der Waals surface area contributed by atoms with E-state index in [1.54, 1.807) is 19.2 Å². The molecular formula is C19H31NO6S. The number of carboxylic acids is 1. The number of methoxy groups -OCH3 is 1. The molecule has 0 bridgehead atoms. The van der Waals surface area contributed by atoms with Crippen LogP contribution in [0.15, 0.2) is 18.2 Å². The Bertz CT molecular complexity index is 689. The van der Waals surface area contributed by atoms with Crippen LogP contribution in [0.5, 0.6) is 11.5 Å². The van der Waals surface area contributed by atoms with Crippen LogP contribution in [0.2, 0.25) is 0 Å². The van der Waals surface area contributed by atoms with Gasteiger partial charge in [-0.1, -0.05) is 32.3 Å². The van der Waals surface area contributed by atoms with E-state index in [0.717, 1.165) is 37.5 Å². The monoisotopic (exact) mass is 401 g/mol. The van der Waals surface area contributed by atoms with Crippen LogP contribution in [0.1, 0.15) is 56.9 Å². The number of hydrogen-bond acceptors (Lipinski definition) is 5. The molecule has 1 aromatic carbocycles. The van der Waals surface area contributed by atoms with Crippen LogP contribution in [0, 0.1) is 0 Å². The van der Waals surface area contributed by atoms with Gasteiger partial charge in [-0.3, -0.25) is 4.79 Å². The maximum atomic E-state index is 11.2. The summed E-state index contributed by atoms with van der Waals surface area (Å²) in [6, 6.07) is 5.42. The maximum absolute atomic E-state index is 11.2. The number of aliphatic carboxylic acids is 1. The molecule has 0 spiro atoms. The van der Waals surface area contributed by atoms with Crippen molar-refractivity contribution in [3.63, 3.8) is 0 Å². The number of hydrogen-bond donors (Lipinski definition) is 2. The molecule has 0 aromatic heterocycles. The van der Waals surface area contributed by atoms with E-state index in [1.807, 2.05) is 6.07 Å². The highest BCUT2D eigenvalue weighted by atomic mass is 32.2. The molecule has 27 heavy (non-hydrogen) atoms. The Morgan fingerprint density at radius 2 is 2.00 bits per heavy atom. The third-order valence-corrected chi connectivity index (χ3v) is 4.90. The zero-order chi connectivity index (χ0) is 20.3. The third-order valence-electron chi connectivity index (χ3n) is 4.18. The molecule has 0 aliphatic heterocycles. The summed E-state index contributed by atoms with van der Waals surface area (Å²) < 4.78 is 35.5. The summed E-state index contributed by atoms with van der Waals surface area (Å²) >= 11 is 0. The number of unbranched alkanes of at least 4 members (excludes halogenated alkanes) is 2. The van der Waals surface area contributed by atoms with Crippen molar-refractivity contribution in [1.29, 1.82) is 0 Å². The van der Waals surface area contributed by atoms with E-state index < -0.39 is 16.0 Å². The van der Waals surface area contributed by atoms with Crippen LogP contribution in [0.25, 0.3) is 0 Å². The first-order valence-corrected chi connectivity index (χ1v) is 11.1. The lowest BCUT2D eigenvalue weighted by molar-refractivity contribution is -0.137.